The van der Waals surface area contributed by atoms with Crippen molar-refractivity contribution in [3.63, 3.8) is 0 Å². The number of likely N-dealkylation sites (tertiary alicyclic amines) is 1. The number of carbonyl (C=O) groups excluding carboxylic acids is 4. The standard InChI is InChI=1S/C21H31NO5/c1-19(2,3)27-18(26)22-10-8-13(9-11-22)12-14-15(23)20(4,5)17(25)21(6,7)16(14)24/h12-13H,8-11H2,1-7H3. The fourth-order valence-electron chi connectivity index (χ4n) is 3.73. The average molecular weight is 377 g/mol. The van der Waals surface area contributed by atoms with E-state index in [1.54, 1.807) is 38.7 Å². The first-order chi connectivity index (χ1) is 12.2. The molecule has 1 saturated heterocycles. The summed E-state index contributed by atoms with van der Waals surface area (Å²) in [7, 11) is 0. The first kappa shape index (κ1) is 21.3. The molecule has 0 atom stereocenters. The van der Waals surface area contributed by atoms with Gasteiger partial charge in [0.05, 0.1) is 16.4 Å². The maximum atomic E-state index is 12.8. The van der Waals surface area contributed by atoms with Gasteiger partial charge < -0.3 is 9.64 Å². The molecule has 0 aromatic carbocycles. The molecule has 2 fully saturated rings. The Hall–Kier alpha value is -1.98. The molecule has 0 unspecified atom stereocenters. The van der Waals surface area contributed by atoms with Crippen molar-refractivity contribution in [2.45, 2.75) is 66.9 Å². The number of carbonyl (C=O) groups is 4. The van der Waals surface area contributed by atoms with Crippen molar-refractivity contribution in [1.29, 1.82) is 0 Å². The molecular formula is C21H31NO5. The highest BCUT2D eigenvalue weighted by molar-refractivity contribution is 6.38. The average Bonchev–Trinajstić information content (AvgIpc) is 2.55. The maximum absolute atomic E-state index is 12.8. The molecule has 27 heavy (non-hydrogen) atoms. The SMILES string of the molecule is CC(C)(C)OC(=O)N1CCC(C=C2C(=O)C(C)(C)C(=O)C(C)(C)C2=O)CC1. The van der Waals surface area contributed by atoms with Crippen molar-refractivity contribution < 1.29 is 23.9 Å². The Morgan fingerprint density at radius 1 is 1.00 bits per heavy atom. The summed E-state index contributed by atoms with van der Waals surface area (Å²) in [4.78, 5) is 51.9. The van der Waals surface area contributed by atoms with Crippen molar-refractivity contribution in [2.75, 3.05) is 13.1 Å². The van der Waals surface area contributed by atoms with Gasteiger partial charge in [-0.05, 0) is 67.2 Å². The summed E-state index contributed by atoms with van der Waals surface area (Å²) in [6.07, 6.45) is 2.69. The Morgan fingerprint density at radius 3 is 1.85 bits per heavy atom. The molecule has 2 rings (SSSR count). The van der Waals surface area contributed by atoms with Crippen molar-refractivity contribution in [2.24, 2.45) is 16.7 Å². The first-order valence-corrected chi connectivity index (χ1v) is 9.52. The van der Waals surface area contributed by atoms with E-state index in [1.807, 2.05) is 20.8 Å². The number of nitrogens with zero attached hydrogens (tertiary/aromatic N) is 1. The topological polar surface area (TPSA) is 80.8 Å². The zero-order valence-corrected chi connectivity index (χ0v) is 17.5. The second-order valence-corrected chi connectivity index (χ2v) is 9.62. The Balaban J connectivity index is 2.13. The molecule has 0 spiro atoms. The summed E-state index contributed by atoms with van der Waals surface area (Å²) >= 11 is 0. The van der Waals surface area contributed by atoms with Crippen LogP contribution in [0.2, 0.25) is 0 Å². The number of rotatable bonds is 1. The lowest BCUT2D eigenvalue weighted by atomic mass is 9.60. The molecule has 6 nitrogen and oxygen atoms in total. The number of Topliss-reactive ketones (excluding diaryl/α,β-unsaturated/α-hetero) is 3. The Kier molecular flexibility index (Phi) is 5.43. The Bertz CT molecular complexity index is 669. The molecule has 6 heteroatoms. The van der Waals surface area contributed by atoms with Crippen molar-refractivity contribution in [1.82, 2.24) is 4.90 Å². The summed E-state index contributed by atoms with van der Waals surface area (Å²) < 4.78 is 5.39. The summed E-state index contributed by atoms with van der Waals surface area (Å²) in [5.41, 5.74) is -2.79. The number of hydrogen-bond donors (Lipinski definition) is 0. The second-order valence-electron chi connectivity index (χ2n) is 9.62. The normalized spacial score (nSPS) is 23.4. The molecule has 1 heterocycles. The Labute approximate surface area is 161 Å². The van der Waals surface area contributed by atoms with Crippen LogP contribution in [-0.2, 0) is 19.1 Å². The largest absolute Gasteiger partial charge is 0.444 e. The van der Waals surface area contributed by atoms with Gasteiger partial charge in [0.2, 0.25) is 0 Å². The van der Waals surface area contributed by atoms with E-state index in [9.17, 15) is 19.2 Å². The van der Waals surface area contributed by atoms with Crippen LogP contribution in [0, 0.1) is 16.7 Å². The third-order valence-corrected chi connectivity index (χ3v) is 5.35. The number of amides is 1. The number of hydrogen-bond acceptors (Lipinski definition) is 5. The van der Waals surface area contributed by atoms with E-state index in [0.717, 1.165) is 0 Å². The van der Waals surface area contributed by atoms with E-state index in [0.29, 0.717) is 25.9 Å². The summed E-state index contributed by atoms with van der Waals surface area (Å²) in [6.45, 7) is 12.9. The van der Waals surface area contributed by atoms with Gasteiger partial charge in [-0.25, -0.2) is 4.79 Å². The molecule has 0 aromatic heterocycles. The fourth-order valence-corrected chi connectivity index (χ4v) is 3.73. The number of ether oxygens (including phenoxy) is 1. The van der Waals surface area contributed by atoms with Gasteiger partial charge in [-0.3, -0.25) is 14.4 Å². The van der Waals surface area contributed by atoms with Gasteiger partial charge >= 0.3 is 6.09 Å². The van der Waals surface area contributed by atoms with Crippen LogP contribution >= 0.6 is 0 Å². The van der Waals surface area contributed by atoms with Crippen LogP contribution in [0.3, 0.4) is 0 Å². The predicted octanol–water partition coefficient (Wildman–Crippen LogP) is 3.33. The van der Waals surface area contributed by atoms with E-state index < -0.39 is 28.0 Å². The molecule has 2 aliphatic rings. The summed E-state index contributed by atoms with van der Waals surface area (Å²) in [5.74, 6) is -1.11. The van der Waals surface area contributed by atoms with Crippen LogP contribution in [0.4, 0.5) is 4.79 Å². The molecule has 0 bridgehead atoms. The zero-order valence-electron chi connectivity index (χ0n) is 17.5. The number of piperidine rings is 1. The molecule has 0 radical (unpaired) electrons. The van der Waals surface area contributed by atoms with Crippen LogP contribution in [0.15, 0.2) is 11.6 Å². The smallest absolute Gasteiger partial charge is 0.410 e. The summed E-state index contributed by atoms with van der Waals surface area (Å²) in [5, 5.41) is 0. The minimum Gasteiger partial charge on any atom is -0.444 e. The van der Waals surface area contributed by atoms with Gasteiger partial charge in [-0.2, -0.15) is 0 Å². The zero-order chi connectivity index (χ0) is 20.8. The van der Waals surface area contributed by atoms with Crippen LogP contribution in [0.25, 0.3) is 0 Å². The van der Waals surface area contributed by atoms with Crippen LogP contribution in [-0.4, -0.2) is 47.0 Å². The van der Waals surface area contributed by atoms with Crippen LogP contribution in [0.5, 0.6) is 0 Å². The summed E-state index contributed by atoms with van der Waals surface area (Å²) in [6, 6.07) is 0. The fraction of sp³-hybridized carbons (Fsp3) is 0.714. The first-order valence-electron chi connectivity index (χ1n) is 9.52. The second kappa shape index (κ2) is 6.88. The Morgan fingerprint density at radius 2 is 1.44 bits per heavy atom. The highest BCUT2D eigenvalue weighted by atomic mass is 16.6. The molecule has 0 N–H and O–H groups in total. The minimum atomic E-state index is -1.19. The lowest BCUT2D eigenvalue weighted by molar-refractivity contribution is -0.151. The van der Waals surface area contributed by atoms with Crippen molar-refractivity contribution >= 4 is 23.4 Å². The van der Waals surface area contributed by atoms with E-state index in [4.69, 9.17) is 4.74 Å². The molecule has 1 amide bonds. The molecule has 1 aliphatic heterocycles. The van der Waals surface area contributed by atoms with E-state index in [-0.39, 0.29) is 23.4 Å². The molecule has 1 aliphatic carbocycles. The lowest BCUT2D eigenvalue weighted by Crippen LogP contribution is -2.54. The van der Waals surface area contributed by atoms with E-state index >= 15 is 0 Å². The third kappa shape index (κ3) is 4.14. The third-order valence-electron chi connectivity index (χ3n) is 5.35. The highest BCUT2D eigenvalue weighted by Crippen LogP contribution is 2.41. The van der Waals surface area contributed by atoms with Gasteiger partial charge in [-0.15, -0.1) is 0 Å². The van der Waals surface area contributed by atoms with Gasteiger partial charge in [-0.1, -0.05) is 6.08 Å². The van der Waals surface area contributed by atoms with E-state index in [2.05, 4.69) is 0 Å². The monoisotopic (exact) mass is 377 g/mol. The van der Waals surface area contributed by atoms with Crippen LogP contribution < -0.4 is 0 Å². The molecular weight excluding hydrogens is 346 g/mol. The van der Waals surface area contributed by atoms with Gasteiger partial charge in [0.25, 0.3) is 0 Å². The van der Waals surface area contributed by atoms with E-state index in [1.165, 1.54) is 0 Å². The minimum absolute atomic E-state index is 0.0198. The van der Waals surface area contributed by atoms with Gasteiger partial charge in [0.15, 0.2) is 17.3 Å². The number of ketones is 3. The molecule has 150 valence electrons. The maximum Gasteiger partial charge on any atom is 0.410 e. The molecule has 1 saturated carbocycles. The quantitative estimate of drug-likeness (QED) is 0.398. The number of allylic oxidation sites excluding steroid dienone is 2. The van der Waals surface area contributed by atoms with Crippen molar-refractivity contribution in [3.05, 3.63) is 11.6 Å². The van der Waals surface area contributed by atoms with Gasteiger partial charge in [0.1, 0.15) is 5.60 Å². The lowest BCUT2D eigenvalue weighted by Gasteiger charge is -2.38. The predicted molar refractivity (Wildman–Crippen MR) is 101 cm³/mol. The van der Waals surface area contributed by atoms with Gasteiger partial charge in [0, 0.05) is 13.1 Å². The highest BCUT2D eigenvalue weighted by Gasteiger charge is 2.55. The molecule has 0 aromatic rings. The van der Waals surface area contributed by atoms with Crippen molar-refractivity contribution in [3.8, 4) is 0 Å². The van der Waals surface area contributed by atoms with Crippen LogP contribution in [0.1, 0.15) is 61.3 Å².